The molecule has 2 saturated heterocycles. The molecular weight excluding hydrogens is 334 g/mol. The van der Waals surface area contributed by atoms with Gasteiger partial charge in [0.1, 0.15) is 30.7 Å². The molecule has 1 aromatic rings. The van der Waals surface area contributed by atoms with Gasteiger partial charge in [0.05, 0.1) is 31.9 Å². The Balaban J connectivity index is 1.58. The van der Waals surface area contributed by atoms with Crippen molar-refractivity contribution >= 4 is 11.8 Å². The second kappa shape index (κ2) is 8.68. The highest BCUT2D eigenvalue weighted by molar-refractivity contribution is 5.98. The molecule has 1 atom stereocenters. The summed E-state index contributed by atoms with van der Waals surface area (Å²) in [6, 6.07) is 1.38. The molecule has 0 aromatic carbocycles. The number of amides is 2. The van der Waals surface area contributed by atoms with E-state index in [1.54, 1.807) is 17.9 Å². The minimum absolute atomic E-state index is 0.0384. The number of hydrogen-bond donors (Lipinski definition) is 2. The Hall–Kier alpha value is -1.86. The predicted molar refractivity (Wildman–Crippen MR) is 96.2 cm³/mol. The van der Waals surface area contributed by atoms with Crippen molar-refractivity contribution < 1.29 is 23.6 Å². The number of carbonyl (C=O) groups is 2. The zero-order valence-electron chi connectivity index (χ0n) is 15.8. The van der Waals surface area contributed by atoms with Crippen LogP contribution in [0.4, 0.5) is 0 Å². The van der Waals surface area contributed by atoms with Crippen LogP contribution in [-0.4, -0.2) is 68.7 Å². The Morgan fingerprint density at radius 2 is 2.04 bits per heavy atom. The summed E-state index contributed by atoms with van der Waals surface area (Å²) in [5.74, 6) is 1.20. The van der Waals surface area contributed by atoms with Crippen molar-refractivity contribution in [1.82, 2.24) is 10.2 Å². The van der Waals surface area contributed by atoms with Crippen LogP contribution in [0.5, 0.6) is 0 Å². The molecule has 3 heterocycles. The van der Waals surface area contributed by atoms with E-state index >= 15 is 0 Å². The average Bonchev–Trinajstić information content (AvgIpc) is 3.00. The molecule has 7 heteroatoms. The molecule has 7 nitrogen and oxygen atoms in total. The number of nitrogens with zero attached hydrogens (tertiary/aromatic N) is 1. The van der Waals surface area contributed by atoms with Crippen molar-refractivity contribution in [1.29, 1.82) is 0 Å². The van der Waals surface area contributed by atoms with E-state index in [0.29, 0.717) is 24.4 Å². The van der Waals surface area contributed by atoms with Crippen LogP contribution in [0.25, 0.3) is 0 Å². The number of ether oxygens (including phenoxy) is 1. The molecule has 3 rings (SSSR count). The quantitative estimate of drug-likeness (QED) is 0.767. The van der Waals surface area contributed by atoms with Crippen molar-refractivity contribution in [2.45, 2.75) is 39.2 Å². The third kappa shape index (κ3) is 4.45. The molecule has 2 aliphatic rings. The molecular formula is C19H30N3O4+. The maximum atomic E-state index is 12.9. The fourth-order valence-electron chi connectivity index (χ4n) is 3.84. The maximum Gasteiger partial charge on any atom is 0.258 e. The lowest BCUT2D eigenvalue weighted by molar-refractivity contribution is -0.906. The van der Waals surface area contributed by atoms with Crippen LogP contribution in [0.1, 0.15) is 41.1 Å². The summed E-state index contributed by atoms with van der Waals surface area (Å²) in [5.41, 5.74) is 0.569. The number of hydrogen-bond acceptors (Lipinski definition) is 4. The highest BCUT2D eigenvalue weighted by Gasteiger charge is 2.33. The fraction of sp³-hybridized carbons (Fsp3) is 0.684. The summed E-state index contributed by atoms with van der Waals surface area (Å²) in [6.07, 6.45) is 2.63. The first-order chi connectivity index (χ1) is 12.6. The summed E-state index contributed by atoms with van der Waals surface area (Å²) >= 11 is 0. The first-order valence-electron chi connectivity index (χ1n) is 9.63. The molecule has 0 spiro atoms. The Labute approximate surface area is 154 Å². The minimum atomic E-state index is -0.384. The van der Waals surface area contributed by atoms with Gasteiger partial charge in [-0.05, 0) is 39.2 Å². The number of aryl methyl sites for hydroxylation is 2. The lowest BCUT2D eigenvalue weighted by Crippen LogP contribution is -3.14. The van der Waals surface area contributed by atoms with E-state index in [2.05, 4.69) is 5.32 Å². The smallest absolute Gasteiger partial charge is 0.258 e. The topological polar surface area (TPSA) is 76.2 Å². The van der Waals surface area contributed by atoms with Crippen molar-refractivity contribution in [3.63, 3.8) is 0 Å². The summed E-state index contributed by atoms with van der Waals surface area (Å²) in [6.45, 7) is 9.34. The number of likely N-dealkylation sites (tertiary alicyclic amines) is 1. The molecule has 0 aliphatic carbocycles. The van der Waals surface area contributed by atoms with Gasteiger partial charge >= 0.3 is 0 Å². The average molecular weight is 364 g/mol. The highest BCUT2D eigenvalue weighted by Crippen LogP contribution is 2.23. The number of nitrogens with one attached hydrogen (secondary N) is 2. The Morgan fingerprint density at radius 1 is 1.27 bits per heavy atom. The number of carbonyl (C=O) groups excluding carboxylic acids is 2. The summed E-state index contributed by atoms with van der Waals surface area (Å²) in [5, 5.41) is 3.04. The van der Waals surface area contributed by atoms with Gasteiger partial charge in [-0.2, -0.15) is 0 Å². The summed E-state index contributed by atoms with van der Waals surface area (Å²) in [4.78, 5) is 28.8. The van der Waals surface area contributed by atoms with Crippen LogP contribution < -0.4 is 10.2 Å². The molecule has 2 N–H and O–H groups in total. The molecule has 2 aliphatic heterocycles. The first kappa shape index (κ1) is 18.9. The maximum absolute atomic E-state index is 12.9. The van der Waals surface area contributed by atoms with Gasteiger partial charge in [0, 0.05) is 6.54 Å². The van der Waals surface area contributed by atoms with E-state index in [-0.39, 0.29) is 17.9 Å². The van der Waals surface area contributed by atoms with E-state index in [0.717, 1.165) is 57.9 Å². The van der Waals surface area contributed by atoms with Gasteiger partial charge < -0.3 is 24.3 Å². The molecule has 144 valence electrons. The van der Waals surface area contributed by atoms with E-state index in [1.807, 2.05) is 6.92 Å². The van der Waals surface area contributed by atoms with Gasteiger partial charge in [-0.1, -0.05) is 0 Å². The van der Waals surface area contributed by atoms with Crippen LogP contribution >= 0.6 is 0 Å². The van der Waals surface area contributed by atoms with Gasteiger partial charge in [0.15, 0.2) is 0 Å². The number of quaternary nitrogens is 1. The lowest BCUT2D eigenvalue weighted by Gasteiger charge is -2.34. The standard InChI is InChI=1S/C19H29N3O4/c1-14-13-16(15(2)26-14)19(24)22-7-4-3-5-17(22)18(23)20-6-8-21-9-11-25-12-10-21/h13,17H,3-12H2,1-2H3,(H,20,23)/p+1/t17-/m1/s1. The number of piperidine rings is 1. The molecule has 26 heavy (non-hydrogen) atoms. The van der Waals surface area contributed by atoms with Crippen LogP contribution in [0.2, 0.25) is 0 Å². The van der Waals surface area contributed by atoms with Crippen molar-refractivity contribution in [3.8, 4) is 0 Å². The summed E-state index contributed by atoms with van der Waals surface area (Å²) in [7, 11) is 0. The van der Waals surface area contributed by atoms with Gasteiger partial charge in [0.25, 0.3) is 5.91 Å². The van der Waals surface area contributed by atoms with Crippen molar-refractivity contribution in [2.75, 3.05) is 45.9 Å². The van der Waals surface area contributed by atoms with Crippen LogP contribution in [-0.2, 0) is 9.53 Å². The third-order valence-electron chi connectivity index (χ3n) is 5.32. The Bertz CT molecular complexity index is 637. The number of furan rings is 1. The van der Waals surface area contributed by atoms with Gasteiger partial charge in [0.2, 0.25) is 5.91 Å². The predicted octanol–water partition coefficient (Wildman–Crippen LogP) is -0.0776. The molecule has 0 saturated carbocycles. The first-order valence-corrected chi connectivity index (χ1v) is 9.63. The largest absolute Gasteiger partial charge is 0.466 e. The van der Waals surface area contributed by atoms with Gasteiger partial charge in [-0.3, -0.25) is 9.59 Å². The molecule has 2 fully saturated rings. The second-order valence-corrected chi connectivity index (χ2v) is 7.24. The number of morpholine rings is 1. The number of rotatable bonds is 5. The van der Waals surface area contributed by atoms with E-state index < -0.39 is 0 Å². The highest BCUT2D eigenvalue weighted by atomic mass is 16.5. The van der Waals surface area contributed by atoms with E-state index in [1.165, 1.54) is 4.90 Å². The molecule has 0 bridgehead atoms. The van der Waals surface area contributed by atoms with E-state index in [9.17, 15) is 9.59 Å². The Kier molecular flexibility index (Phi) is 6.32. The van der Waals surface area contributed by atoms with Crippen LogP contribution in [0, 0.1) is 13.8 Å². The van der Waals surface area contributed by atoms with Crippen LogP contribution in [0.15, 0.2) is 10.5 Å². The third-order valence-corrected chi connectivity index (χ3v) is 5.32. The zero-order chi connectivity index (χ0) is 18.5. The monoisotopic (exact) mass is 364 g/mol. The minimum Gasteiger partial charge on any atom is -0.466 e. The fourth-order valence-corrected chi connectivity index (χ4v) is 3.84. The van der Waals surface area contributed by atoms with Gasteiger partial charge in [-0.15, -0.1) is 0 Å². The second-order valence-electron chi connectivity index (χ2n) is 7.24. The summed E-state index contributed by atoms with van der Waals surface area (Å²) < 4.78 is 10.8. The Morgan fingerprint density at radius 3 is 2.73 bits per heavy atom. The van der Waals surface area contributed by atoms with Crippen molar-refractivity contribution in [2.24, 2.45) is 0 Å². The SMILES string of the molecule is Cc1cc(C(=O)N2CCCC[C@@H]2C(=O)NCC[NH+]2CCOCC2)c(C)o1. The molecule has 0 unspecified atom stereocenters. The zero-order valence-corrected chi connectivity index (χ0v) is 15.8. The molecule has 0 radical (unpaired) electrons. The molecule has 2 amide bonds. The van der Waals surface area contributed by atoms with E-state index in [4.69, 9.17) is 9.15 Å². The van der Waals surface area contributed by atoms with Crippen molar-refractivity contribution in [3.05, 3.63) is 23.2 Å². The molecule has 1 aromatic heterocycles. The van der Waals surface area contributed by atoms with Gasteiger partial charge in [-0.25, -0.2) is 0 Å². The van der Waals surface area contributed by atoms with Crippen LogP contribution in [0.3, 0.4) is 0 Å². The normalized spacial score (nSPS) is 21.6. The lowest BCUT2D eigenvalue weighted by atomic mass is 10.00.